The van der Waals surface area contributed by atoms with Crippen LogP contribution in [0.2, 0.25) is 0 Å². The van der Waals surface area contributed by atoms with E-state index in [0.29, 0.717) is 12.0 Å². The molecule has 0 aliphatic carbocycles. The Balaban J connectivity index is 2.24. The number of hydrogen-bond acceptors (Lipinski definition) is 3. The highest BCUT2D eigenvalue weighted by atomic mass is 16.3. The van der Waals surface area contributed by atoms with Crippen LogP contribution in [0.25, 0.3) is 0 Å². The van der Waals surface area contributed by atoms with Crippen molar-refractivity contribution in [1.82, 2.24) is 0 Å². The fourth-order valence-electron chi connectivity index (χ4n) is 2.08. The first-order valence-corrected chi connectivity index (χ1v) is 5.86. The van der Waals surface area contributed by atoms with Crippen molar-refractivity contribution in [3.8, 4) is 17.2 Å². The number of aromatic hydroxyl groups is 3. The van der Waals surface area contributed by atoms with Gasteiger partial charge in [0.1, 0.15) is 17.2 Å². The Kier molecular flexibility index (Phi) is 3.42. The van der Waals surface area contributed by atoms with E-state index in [4.69, 9.17) is 0 Å². The molecule has 0 spiro atoms. The summed E-state index contributed by atoms with van der Waals surface area (Å²) in [4.78, 5) is 0. The van der Waals surface area contributed by atoms with E-state index >= 15 is 0 Å². The number of phenols is 3. The molecule has 0 saturated carbocycles. The van der Waals surface area contributed by atoms with Crippen LogP contribution < -0.4 is 0 Å². The number of phenolic OH excluding ortho intramolecular Hbond substituents is 3. The molecule has 2 rings (SSSR count). The second-order valence-corrected chi connectivity index (χ2v) is 4.48. The Bertz CT molecular complexity index is 549. The quantitative estimate of drug-likeness (QED) is 0.727. The molecular formula is C15H16O3. The van der Waals surface area contributed by atoms with Crippen LogP contribution in [0.5, 0.6) is 17.2 Å². The highest BCUT2D eigenvalue weighted by Crippen LogP contribution is 2.31. The Morgan fingerprint density at radius 2 is 1.67 bits per heavy atom. The first-order chi connectivity index (χ1) is 8.58. The van der Waals surface area contributed by atoms with Crippen LogP contribution in [-0.2, 0) is 6.42 Å². The van der Waals surface area contributed by atoms with E-state index < -0.39 is 0 Å². The van der Waals surface area contributed by atoms with Gasteiger partial charge in [0.2, 0.25) is 0 Å². The smallest absolute Gasteiger partial charge is 0.119 e. The van der Waals surface area contributed by atoms with Crippen molar-refractivity contribution >= 4 is 0 Å². The molecule has 0 heterocycles. The number of benzene rings is 2. The zero-order valence-corrected chi connectivity index (χ0v) is 10.2. The molecule has 18 heavy (non-hydrogen) atoms. The van der Waals surface area contributed by atoms with E-state index in [1.807, 2.05) is 19.1 Å². The van der Waals surface area contributed by atoms with E-state index in [2.05, 4.69) is 0 Å². The lowest BCUT2D eigenvalue weighted by Gasteiger charge is -2.14. The van der Waals surface area contributed by atoms with Crippen molar-refractivity contribution in [2.45, 2.75) is 19.3 Å². The molecule has 0 aliphatic heterocycles. The normalized spacial score (nSPS) is 12.3. The summed E-state index contributed by atoms with van der Waals surface area (Å²) in [5.74, 6) is 0.603. The lowest BCUT2D eigenvalue weighted by molar-refractivity contribution is 0.448. The third kappa shape index (κ3) is 2.56. The molecule has 0 aromatic heterocycles. The highest BCUT2D eigenvalue weighted by molar-refractivity contribution is 5.41. The van der Waals surface area contributed by atoms with E-state index in [0.717, 1.165) is 5.56 Å². The molecule has 0 saturated heterocycles. The van der Waals surface area contributed by atoms with Gasteiger partial charge in [0.05, 0.1) is 0 Å². The van der Waals surface area contributed by atoms with Gasteiger partial charge in [0.15, 0.2) is 0 Å². The van der Waals surface area contributed by atoms with Gasteiger partial charge >= 0.3 is 0 Å². The molecule has 94 valence electrons. The van der Waals surface area contributed by atoms with Crippen LogP contribution in [0, 0.1) is 0 Å². The Morgan fingerprint density at radius 3 is 2.39 bits per heavy atom. The molecule has 3 N–H and O–H groups in total. The van der Waals surface area contributed by atoms with Crippen molar-refractivity contribution in [2.24, 2.45) is 0 Å². The summed E-state index contributed by atoms with van der Waals surface area (Å²) >= 11 is 0. The maximum absolute atomic E-state index is 9.77. The molecule has 0 aliphatic rings. The second-order valence-electron chi connectivity index (χ2n) is 4.48. The molecule has 3 heteroatoms. The lowest BCUT2D eigenvalue weighted by atomic mass is 9.92. The molecule has 3 nitrogen and oxygen atoms in total. The predicted molar refractivity (Wildman–Crippen MR) is 70.0 cm³/mol. The number of para-hydroxylation sites is 1. The largest absolute Gasteiger partial charge is 0.508 e. The standard InChI is InChI=1S/C15H16O3/c1-10(13-4-2-3-5-15(13)18)8-11-9-12(16)6-7-14(11)17/h2-7,9-10,16-18H,8H2,1H3. The minimum absolute atomic E-state index is 0.0545. The van der Waals surface area contributed by atoms with Crippen LogP contribution in [0.4, 0.5) is 0 Å². The molecule has 0 bridgehead atoms. The summed E-state index contributed by atoms with van der Waals surface area (Å²) in [6.07, 6.45) is 0.553. The lowest BCUT2D eigenvalue weighted by Crippen LogP contribution is -1.99. The minimum Gasteiger partial charge on any atom is -0.508 e. The Labute approximate surface area is 106 Å². The molecule has 0 fully saturated rings. The van der Waals surface area contributed by atoms with Crippen LogP contribution in [0.3, 0.4) is 0 Å². The van der Waals surface area contributed by atoms with E-state index in [1.54, 1.807) is 18.2 Å². The third-order valence-electron chi connectivity index (χ3n) is 3.06. The molecule has 2 aromatic rings. The maximum Gasteiger partial charge on any atom is 0.119 e. The average Bonchev–Trinajstić information content (AvgIpc) is 2.34. The Hall–Kier alpha value is -2.16. The van der Waals surface area contributed by atoms with Crippen LogP contribution in [-0.4, -0.2) is 15.3 Å². The van der Waals surface area contributed by atoms with Gasteiger partial charge in [-0.05, 0) is 47.7 Å². The minimum atomic E-state index is 0.0545. The van der Waals surface area contributed by atoms with Crippen LogP contribution in [0.15, 0.2) is 42.5 Å². The van der Waals surface area contributed by atoms with Gasteiger partial charge in [-0.15, -0.1) is 0 Å². The number of rotatable bonds is 3. The third-order valence-corrected chi connectivity index (χ3v) is 3.06. The Morgan fingerprint density at radius 1 is 0.944 bits per heavy atom. The highest BCUT2D eigenvalue weighted by Gasteiger charge is 2.13. The van der Waals surface area contributed by atoms with Gasteiger partial charge in [-0.2, -0.15) is 0 Å². The van der Waals surface area contributed by atoms with Crippen LogP contribution >= 0.6 is 0 Å². The summed E-state index contributed by atoms with van der Waals surface area (Å²) in [5.41, 5.74) is 1.51. The molecule has 0 radical (unpaired) electrons. The summed E-state index contributed by atoms with van der Waals surface area (Å²) < 4.78 is 0. The summed E-state index contributed by atoms with van der Waals surface area (Å²) in [6.45, 7) is 1.97. The van der Waals surface area contributed by atoms with Gasteiger partial charge in [-0.25, -0.2) is 0 Å². The van der Waals surface area contributed by atoms with Crippen molar-refractivity contribution in [3.05, 3.63) is 53.6 Å². The fourth-order valence-corrected chi connectivity index (χ4v) is 2.08. The molecule has 1 unspecified atom stereocenters. The zero-order valence-electron chi connectivity index (χ0n) is 10.2. The first kappa shape index (κ1) is 12.3. The summed E-state index contributed by atoms with van der Waals surface area (Å²) in [6, 6.07) is 11.6. The van der Waals surface area contributed by atoms with Gasteiger partial charge in [-0.1, -0.05) is 25.1 Å². The molecule has 0 amide bonds. The van der Waals surface area contributed by atoms with Crippen molar-refractivity contribution < 1.29 is 15.3 Å². The van der Waals surface area contributed by atoms with E-state index in [1.165, 1.54) is 12.1 Å². The van der Waals surface area contributed by atoms with Crippen LogP contribution in [0.1, 0.15) is 24.0 Å². The fraction of sp³-hybridized carbons (Fsp3) is 0.200. The molecule has 2 aromatic carbocycles. The van der Waals surface area contributed by atoms with E-state index in [9.17, 15) is 15.3 Å². The average molecular weight is 244 g/mol. The second kappa shape index (κ2) is 5.00. The summed E-state index contributed by atoms with van der Waals surface area (Å²) in [7, 11) is 0. The van der Waals surface area contributed by atoms with Crippen molar-refractivity contribution in [2.75, 3.05) is 0 Å². The maximum atomic E-state index is 9.77. The van der Waals surface area contributed by atoms with Crippen molar-refractivity contribution in [1.29, 1.82) is 0 Å². The van der Waals surface area contributed by atoms with Gasteiger partial charge < -0.3 is 15.3 Å². The van der Waals surface area contributed by atoms with E-state index in [-0.39, 0.29) is 23.2 Å². The van der Waals surface area contributed by atoms with Gasteiger partial charge in [0, 0.05) is 0 Å². The number of hydrogen-bond donors (Lipinski definition) is 3. The zero-order chi connectivity index (χ0) is 13.1. The topological polar surface area (TPSA) is 60.7 Å². The van der Waals surface area contributed by atoms with Gasteiger partial charge in [-0.3, -0.25) is 0 Å². The van der Waals surface area contributed by atoms with Crippen molar-refractivity contribution in [3.63, 3.8) is 0 Å². The summed E-state index contributed by atoms with van der Waals surface area (Å²) in [5, 5.41) is 28.9. The predicted octanol–water partition coefficient (Wildman–Crippen LogP) is 3.15. The molecular weight excluding hydrogens is 228 g/mol. The first-order valence-electron chi connectivity index (χ1n) is 5.86. The van der Waals surface area contributed by atoms with Gasteiger partial charge in [0.25, 0.3) is 0 Å². The SMILES string of the molecule is CC(Cc1cc(O)ccc1O)c1ccccc1O. The molecule has 1 atom stereocenters. The monoisotopic (exact) mass is 244 g/mol.